The second kappa shape index (κ2) is 2.25. The van der Waals surface area contributed by atoms with E-state index >= 15 is 0 Å². The third-order valence-electron chi connectivity index (χ3n) is 1.02. The van der Waals surface area contributed by atoms with Gasteiger partial charge in [0.1, 0.15) is 0 Å². The van der Waals surface area contributed by atoms with Gasteiger partial charge in [0, 0.05) is 22.4 Å². The minimum absolute atomic E-state index is 0.103. The van der Waals surface area contributed by atoms with E-state index in [-0.39, 0.29) is 5.03 Å². The fourth-order valence-corrected chi connectivity index (χ4v) is 1.66. The van der Waals surface area contributed by atoms with Crippen molar-refractivity contribution in [2.45, 2.75) is 11.9 Å². The quantitative estimate of drug-likeness (QED) is 0.646. The van der Waals surface area contributed by atoms with Gasteiger partial charge in [-0.3, -0.25) is 5.10 Å². The smallest absolute Gasteiger partial charge is 0.280 e. The first kappa shape index (κ1) is 7.56. The summed E-state index contributed by atoms with van der Waals surface area (Å²) in [6.07, 6.45) is 1.47. The van der Waals surface area contributed by atoms with Crippen molar-refractivity contribution in [1.29, 1.82) is 0 Å². The summed E-state index contributed by atoms with van der Waals surface area (Å²) in [5.74, 6) is 0. The van der Waals surface area contributed by atoms with Gasteiger partial charge >= 0.3 is 0 Å². The van der Waals surface area contributed by atoms with Crippen LogP contribution >= 0.6 is 10.7 Å². The molecule has 0 amide bonds. The van der Waals surface area contributed by atoms with E-state index in [0.717, 1.165) is 0 Å². The molecule has 0 atom stereocenters. The van der Waals surface area contributed by atoms with Gasteiger partial charge in [0.15, 0.2) is 5.03 Å². The fraction of sp³-hybridized carbons (Fsp3) is 0.250. The third-order valence-corrected chi connectivity index (χ3v) is 2.33. The Balaban J connectivity index is 3.32. The number of hydrogen-bond acceptors (Lipinski definition) is 3. The second-order valence-corrected chi connectivity index (χ2v) is 4.29. The standard InChI is InChI=1S/C4H5ClN2O2S/c1-3-2-6-7-4(3)10(5,8)9/h2H,1H3,(H,6,7). The summed E-state index contributed by atoms with van der Waals surface area (Å²) >= 11 is 0. The van der Waals surface area contributed by atoms with Gasteiger partial charge in [0.2, 0.25) is 0 Å². The number of aromatic nitrogens is 2. The van der Waals surface area contributed by atoms with E-state index in [2.05, 4.69) is 10.2 Å². The van der Waals surface area contributed by atoms with Crippen molar-refractivity contribution in [2.24, 2.45) is 0 Å². The zero-order chi connectivity index (χ0) is 7.78. The Morgan fingerprint density at radius 3 is 2.50 bits per heavy atom. The lowest BCUT2D eigenvalue weighted by Gasteiger charge is -1.87. The number of rotatable bonds is 1. The predicted molar refractivity (Wildman–Crippen MR) is 36.4 cm³/mol. The number of H-pyrrole nitrogens is 1. The molecule has 10 heavy (non-hydrogen) atoms. The van der Waals surface area contributed by atoms with Crippen LogP contribution in [0.3, 0.4) is 0 Å². The van der Waals surface area contributed by atoms with E-state index in [1.807, 2.05) is 0 Å². The molecular weight excluding hydrogens is 176 g/mol. The number of aryl methyl sites for hydroxylation is 1. The number of aromatic amines is 1. The molecule has 4 nitrogen and oxygen atoms in total. The Bertz CT molecular complexity index is 329. The normalized spacial score (nSPS) is 11.8. The summed E-state index contributed by atoms with van der Waals surface area (Å²) in [5.41, 5.74) is 0.523. The zero-order valence-corrected chi connectivity index (χ0v) is 6.70. The fourth-order valence-electron chi connectivity index (χ4n) is 0.584. The van der Waals surface area contributed by atoms with E-state index in [0.29, 0.717) is 5.56 Å². The van der Waals surface area contributed by atoms with Crippen molar-refractivity contribution in [3.8, 4) is 0 Å². The van der Waals surface area contributed by atoms with Gasteiger partial charge in [-0.2, -0.15) is 5.10 Å². The van der Waals surface area contributed by atoms with Crippen LogP contribution in [0.2, 0.25) is 0 Å². The first-order valence-electron chi connectivity index (χ1n) is 2.47. The Labute approximate surface area is 62.6 Å². The number of nitrogens with zero attached hydrogens (tertiary/aromatic N) is 1. The summed E-state index contributed by atoms with van der Waals surface area (Å²) in [6, 6.07) is 0. The van der Waals surface area contributed by atoms with Crippen LogP contribution in [0.25, 0.3) is 0 Å². The average molecular weight is 181 g/mol. The third kappa shape index (κ3) is 1.30. The Morgan fingerprint density at radius 2 is 2.30 bits per heavy atom. The lowest BCUT2D eigenvalue weighted by molar-refractivity contribution is 0.605. The van der Waals surface area contributed by atoms with Gasteiger partial charge in [-0.05, 0) is 6.92 Å². The maximum Gasteiger partial charge on any atom is 0.280 e. The molecule has 1 heterocycles. The lowest BCUT2D eigenvalue weighted by Crippen LogP contribution is -1.92. The highest BCUT2D eigenvalue weighted by atomic mass is 35.7. The van der Waals surface area contributed by atoms with Crippen molar-refractivity contribution in [2.75, 3.05) is 0 Å². The minimum atomic E-state index is -3.66. The molecule has 0 aliphatic carbocycles. The molecule has 0 saturated carbocycles. The minimum Gasteiger partial charge on any atom is -0.284 e. The highest BCUT2D eigenvalue weighted by molar-refractivity contribution is 8.13. The van der Waals surface area contributed by atoms with Gasteiger partial charge in [-0.15, -0.1) is 0 Å². The summed E-state index contributed by atoms with van der Waals surface area (Å²) in [4.78, 5) is 0. The SMILES string of the molecule is Cc1c[nH]nc1S(=O)(=O)Cl. The van der Waals surface area contributed by atoms with Gasteiger partial charge in [0.05, 0.1) is 0 Å². The highest BCUT2D eigenvalue weighted by Crippen LogP contribution is 2.14. The van der Waals surface area contributed by atoms with Crippen LogP contribution < -0.4 is 0 Å². The largest absolute Gasteiger partial charge is 0.284 e. The molecule has 0 unspecified atom stereocenters. The van der Waals surface area contributed by atoms with Crippen molar-refractivity contribution in [1.82, 2.24) is 10.2 Å². The monoisotopic (exact) mass is 180 g/mol. The molecule has 0 fully saturated rings. The van der Waals surface area contributed by atoms with Gasteiger partial charge < -0.3 is 0 Å². The molecular formula is C4H5ClN2O2S. The summed E-state index contributed by atoms with van der Waals surface area (Å²) in [7, 11) is 1.33. The molecule has 1 aromatic rings. The first-order chi connectivity index (χ1) is 4.52. The maximum absolute atomic E-state index is 10.6. The van der Waals surface area contributed by atoms with Crippen molar-refractivity contribution in [3.63, 3.8) is 0 Å². The van der Waals surface area contributed by atoms with Gasteiger partial charge in [-0.1, -0.05) is 0 Å². The Hall–Kier alpha value is -0.550. The van der Waals surface area contributed by atoms with Gasteiger partial charge in [0.25, 0.3) is 9.05 Å². The summed E-state index contributed by atoms with van der Waals surface area (Å²) in [6.45, 7) is 1.61. The molecule has 1 N–H and O–H groups in total. The van der Waals surface area contributed by atoms with Crippen LogP contribution in [0.5, 0.6) is 0 Å². The van der Waals surface area contributed by atoms with Crippen LogP contribution in [-0.4, -0.2) is 18.6 Å². The summed E-state index contributed by atoms with van der Waals surface area (Å²) in [5, 5.41) is 5.73. The molecule has 0 aromatic carbocycles. The van der Waals surface area contributed by atoms with Crippen molar-refractivity contribution in [3.05, 3.63) is 11.8 Å². The molecule has 6 heteroatoms. The molecule has 0 spiro atoms. The van der Waals surface area contributed by atoms with E-state index in [1.165, 1.54) is 6.20 Å². The van der Waals surface area contributed by atoms with Crippen LogP contribution in [0.1, 0.15) is 5.56 Å². The Kier molecular flexibility index (Phi) is 1.70. The van der Waals surface area contributed by atoms with E-state index in [1.54, 1.807) is 6.92 Å². The predicted octanol–water partition coefficient (Wildman–Crippen LogP) is 0.646. The van der Waals surface area contributed by atoms with Crippen LogP contribution in [0.15, 0.2) is 11.2 Å². The van der Waals surface area contributed by atoms with E-state index in [9.17, 15) is 8.42 Å². The van der Waals surface area contributed by atoms with E-state index in [4.69, 9.17) is 10.7 Å². The zero-order valence-electron chi connectivity index (χ0n) is 5.13. The molecule has 0 aliphatic rings. The summed E-state index contributed by atoms with van der Waals surface area (Å²) < 4.78 is 21.2. The first-order valence-corrected chi connectivity index (χ1v) is 4.78. The molecule has 0 radical (unpaired) electrons. The highest BCUT2D eigenvalue weighted by Gasteiger charge is 2.15. The van der Waals surface area contributed by atoms with Crippen LogP contribution in [0, 0.1) is 6.92 Å². The van der Waals surface area contributed by atoms with E-state index < -0.39 is 9.05 Å². The van der Waals surface area contributed by atoms with Crippen molar-refractivity contribution < 1.29 is 8.42 Å². The maximum atomic E-state index is 10.6. The molecule has 1 aromatic heterocycles. The molecule has 1 rings (SSSR count). The Morgan fingerprint density at radius 1 is 1.70 bits per heavy atom. The molecule has 0 aliphatic heterocycles. The molecule has 56 valence electrons. The van der Waals surface area contributed by atoms with Crippen molar-refractivity contribution >= 4 is 19.7 Å². The average Bonchev–Trinajstić information content (AvgIpc) is 2.11. The van der Waals surface area contributed by atoms with Crippen LogP contribution in [-0.2, 0) is 9.05 Å². The number of hydrogen-bond donors (Lipinski definition) is 1. The number of halogens is 1. The lowest BCUT2D eigenvalue weighted by atomic mass is 10.4. The van der Waals surface area contributed by atoms with Gasteiger partial charge in [-0.25, -0.2) is 8.42 Å². The second-order valence-electron chi connectivity index (χ2n) is 1.81. The van der Waals surface area contributed by atoms with Crippen LogP contribution in [0.4, 0.5) is 0 Å². The number of nitrogens with one attached hydrogen (secondary N) is 1. The topological polar surface area (TPSA) is 62.8 Å². The molecule has 0 bridgehead atoms. The molecule has 0 saturated heterocycles.